The summed E-state index contributed by atoms with van der Waals surface area (Å²) in [4.78, 5) is 24.6. The fraction of sp³-hybridized carbons (Fsp3) is 0.333. The number of carbonyl (C=O) groups is 1. The molecule has 1 saturated heterocycles. The smallest absolute Gasteiger partial charge is 0.253 e. The highest BCUT2D eigenvalue weighted by Crippen LogP contribution is 2.01. The Morgan fingerprint density at radius 3 is 2.79 bits per heavy atom. The summed E-state index contributed by atoms with van der Waals surface area (Å²) >= 11 is 0. The molecule has 2 heterocycles. The van der Waals surface area contributed by atoms with E-state index in [9.17, 15) is 9.59 Å². The lowest BCUT2D eigenvalue weighted by Crippen LogP contribution is -2.48. The zero-order chi connectivity index (χ0) is 9.97. The van der Waals surface area contributed by atoms with Crippen molar-refractivity contribution in [3.63, 3.8) is 0 Å². The highest BCUT2D eigenvalue weighted by atomic mass is 16.5. The van der Waals surface area contributed by atoms with Gasteiger partial charge in [-0.15, -0.1) is 0 Å². The van der Waals surface area contributed by atoms with E-state index in [0.717, 1.165) is 0 Å². The van der Waals surface area contributed by atoms with Crippen LogP contribution >= 0.6 is 0 Å². The van der Waals surface area contributed by atoms with Gasteiger partial charge in [0.05, 0.1) is 24.8 Å². The number of H-pyrrole nitrogens is 1. The summed E-state index contributed by atoms with van der Waals surface area (Å²) in [6.07, 6.45) is 1.40. The molecule has 0 aliphatic carbocycles. The van der Waals surface area contributed by atoms with Crippen LogP contribution in [0, 0.1) is 0 Å². The van der Waals surface area contributed by atoms with E-state index in [1.54, 1.807) is 0 Å². The van der Waals surface area contributed by atoms with Gasteiger partial charge in [-0.1, -0.05) is 0 Å². The number of rotatable bonds is 2. The second-order valence-corrected chi connectivity index (χ2v) is 3.15. The van der Waals surface area contributed by atoms with Crippen LogP contribution in [-0.2, 0) is 4.74 Å². The number of nitrogens with one attached hydrogen (secondary N) is 2. The maximum absolute atomic E-state index is 11.5. The van der Waals surface area contributed by atoms with E-state index < -0.39 is 0 Å². The van der Waals surface area contributed by atoms with Crippen LogP contribution in [0.3, 0.4) is 0 Å². The minimum absolute atomic E-state index is 0.106. The Labute approximate surface area is 80.1 Å². The van der Waals surface area contributed by atoms with Crippen molar-refractivity contribution in [2.24, 2.45) is 0 Å². The fourth-order valence-corrected chi connectivity index (χ4v) is 1.14. The van der Waals surface area contributed by atoms with Gasteiger partial charge < -0.3 is 15.0 Å². The lowest BCUT2D eigenvalue weighted by atomic mass is 10.2. The van der Waals surface area contributed by atoms with E-state index in [1.165, 1.54) is 18.3 Å². The van der Waals surface area contributed by atoms with Gasteiger partial charge in [0.15, 0.2) is 0 Å². The molecule has 0 spiro atoms. The molecule has 0 atom stereocenters. The molecule has 1 aliphatic rings. The molecule has 74 valence electrons. The van der Waals surface area contributed by atoms with Crippen LogP contribution in [0.2, 0.25) is 0 Å². The second kappa shape index (κ2) is 3.63. The molecule has 0 aromatic carbocycles. The van der Waals surface area contributed by atoms with E-state index in [2.05, 4.69) is 10.3 Å². The Kier molecular flexibility index (Phi) is 2.32. The van der Waals surface area contributed by atoms with Gasteiger partial charge in [-0.2, -0.15) is 0 Å². The van der Waals surface area contributed by atoms with Gasteiger partial charge in [0, 0.05) is 12.3 Å². The topological polar surface area (TPSA) is 71.2 Å². The van der Waals surface area contributed by atoms with Crippen LogP contribution in [0.1, 0.15) is 10.4 Å². The second-order valence-electron chi connectivity index (χ2n) is 3.15. The molecule has 1 amide bonds. The van der Waals surface area contributed by atoms with Gasteiger partial charge in [-0.25, -0.2) is 0 Å². The van der Waals surface area contributed by atoms with Gasteiger partial charge in [0.2, 0.25) is 5.56 Å². The zero-order valence-electron chi connectivity index (χ0n) is 7.45. The van der Waals surface area contributed by atoms with Crippen LogP contribution in [0.5, 0.6) is 0 Å². The third-order valence-corrected chi connectivity index (χ3v) is 2.02. The van der Waals surface area contributed by atoms with Gasteiger partial charge in [-0.05, 0) is 6.07 Å². The third-order valence-electron chi connectivity index (χ3n) is 2.02. The Bertz CT molecular complexity index is 375. The normalized spacial score (nSPS) is 16.0. The summed E-state index contributed by atoms with van der Waals surface area (Å²) in [6.45, 7) is 1.13. The van der Waals surface area contributed by atoms with Gasteiger partial charge >= 0.3 is 0 Å². The van der Waals surface area contributed by atoms with E-state index in [-0.39, 0.29) is 17.5 Å². The Morgan fingerprint density at radius 1 is 1.50 bits per heavy atom. The fourth-order valence-electron chi connectivity index (χ4n) is 1.14. The van der Waals surface area contributed by atoms with Crippen LogP contribution in [-0.4, -0.2) is 30.1 Å². The lowest BCUT2D eigenvalue weighted by molar-refractivity contribution is -0.00346. The Hall–Kier alpha value is -1.62. The summed E-state index contributed by atoms with van der Waals surface area (Å²) in [7, 11) is 0. The van der Waals surface area contributed by atoms with Gasteiger partial charge in [0.1, 0.15) is 0 Å². The number of pyridine rings is 1. The summed E-state index contributed by atoms with van der Waals surface area (Å²) in [5.74, 6) is -0.186. The molecule has 1 aliphatic heterocycles. The zero-order valence-corrected chi connectivity index (χ0v) is 7.45. The molecule has 2 rings (SSSR count). The van der Waals surface area contributed by atoms with Gasteiger partial charge in [-0.3, -0.25) is 9.59 Å². The molecule has 5 nitrogen and oxygen atoms in total. The number of amides is 1. The first-order chi connectivity index (χ1) is 6.75. The number of carbonyl (C=O) groups excluding carboxylic acids is 1. The average molecular weight is 194 g/mol. The van der Waals surface area contributed by atoms with E-state index >= 15 is 0 Å². The molecule has 0 saturated carbocycles. The molecule has 5 heteroatoms. The SMILES string of the molecule is O=C(NC1COC1)c1ccc(=O)[nH]c1. The third kappa shape index (κ3) is 1.82. The van der Waals surface area contributed by atoms with E-state index in [4.69, 9.17) is 4.74 Å². The molecular formula is C9H10N2O3. The maximum Gasteiger partial charge on any atom is 0.253 e. The molecule has 2 N–H and O–H groups in total. The standard InChI is InChI=1S/C9H10N2O3/c12-8-2-1-6(3-10-8)9(13)11-7-4-14-5-7/h1-3,7H,4-5H2,(H,10,12)(H,11,13). The number of aromatic amines is 1. The largest absolute Gasteiger partial charge is 0.377 e. The van der Waals surface area contributed by atoms with Crippen molar-refractivity contribution in [2.75, 3.05) is 13.2 Å². The minimum Gasteiger partial charge on any atom is -0.377 e. The maximum atomic E-state index is 11.5. The molecule has 0 unspecified atom stereocenters. The molecule has 0 radical (unpaired) electrons. The van der Waals surface area contributed by atoms with Crippen molar-refractivity contribution >= 4 is 5.91 Å². The highest BCUT2D eigenvalue weighted by molar-refractivity contribution is 5.94. The summed E-state index contributed by atoms with van der Waals surface area (Å²) in [5.41, 5.74) is 0.241. The first-order valence-electron chi connectivity index (χ1n) is 4.33. The van der Waals surface area contributed by atoms with Crippen molar-refractivity contribution in [3.8, 4) is 0 Å². The molecular weight excluding hydrogens is 184 g/mol. The molecule has 0 bridgehead atoms. The lowest BCUT2D eigenvalue weighted by Gasteiger charge is -2.26. The monoisotopic (exact) mass is 194 g/mol. The van der Waals surface area contributed by atoms with E-state index in [1.807, 2.05) is 0 Å². The molecule has 14 heavy (non-hydrogen) atoms. The van der Waals surface area contributed by atoms with Crippen molar-refractivity contribution in [1.29, 1.82) is 0 Å². The number of hydrogen-bond donors (Lipinski definition) is 2. The van der Waals surface area contributed by atoms with Crippen molar-refractivity contribution in [1.82, 2.24) is 10.3 Å². The first kappa shape index (κ1) is 8.96. The average Bonchev–Trinajstić information content (AvgIpc) is 2.12. The van der Waals surface area contributed by atoms with Crippen LogP contribution in [0.4, 0.5) is 0 Å². The van der Waals surface area contributed by atoms with Crippen LogP contribution < -0.4 is 10.9 Å². The summed E-state index contributed by atoms with van der Waals surface area (Å²) in [6, 6.07) is 2.93. The van der Waals surface area contributed by atoms with Crippen molar-refractivity contribution < 1.29 is 9.53 Å². The Morgan fingerprint density at radius 2 is 2.29 bits per heavy atom. The molecule has 1 aromatic rings. The highest BCUT2D eigenvalue weighted by Gasteiger charge is 2.20. The van der Waals surface area contributed by atoms with Crippen LogP contribution in [0.15, 0.2) is 23.1 Å². The van der Waals surface area contributed by atoms with Gasteiger partial charge in [0.25, 0.3) is 5.91 Å². The number of aromatic nitrogens is 1. The number of ether oxygens (including phenoxy) is 1. The summed E-state index contributed by atoms with van der Waals surface area (Å²) in [5, 5.41) is 2.77. The van der Waals surface area contributed by atoms with Crippen molar-refractivity contribution in [2.45, 2.75) is 6.04 Å². The quantitative estimate of drug-likeness (QED) is 0.667. The summed E-state index contributed by atoms with van der Waals surface area (Å²) < 4.78 is 4.92. The van der Waals surface area contributed by atoms with E-state index in [0.29, 0.717) is 18.8 Å². The van der Waals surface area contributed by atoms with Crippen LogP contribution in [0.25, 0.3) is 0 Å². The molecule has 1 fully saturated rings. The predicted octanol–water partition coefficient (Wildman–Crippen LogP) is -0.497. The Balaban J connectivity index is 2.03. The number of hydrogen-bond acceptors (Lipinski definition) is 3. The minimum atomic E-state index is -0.214. The molecule has 1 aromatic heterocycles. The van der Waals surface area contributed by atoms with Crippen molar-refractivity contribution in [3.05, 3.63) is 34.2 Å². The first-order valence-corrected chi connectivity index (χ1v) is 4.33. The predicted molar refractivity (Wildman–Crippen MR) is 49.1 cm³/mol.